The Balaban J connectivity index is 1.79. The van der Waals surface area contributed by atoms with Gasteiger partial charge in [-0.2, -0.15) is 0 Å². The first-order valence-electron chi connectivity index (χ1n) is 8.38. The van der Waals surface area contributed by atoms with Gasteiger partial charge < -0.3 is 16.0 Å². The number of carbonyl (C=O) groups excluding carboxylic acids is 1. The zero-order chi connectivity index (χ0) is 15.5. The highest BCUT2D eigenvalue weighted by Crippen LogP contribution is 2.31. The van der Waals surface area contributed by atoms with E-state index in [0.29, 0.717) is 0 Å². The van der Waals surface area contributed by atoms with Crippen molar-refractivity contribution >= 4 is 5.91 Å². The number of piperazine rings is 1. The first-order chi connectivity index (χ1) is 9.88. The number of rotatable bonds is 4. The summed E-state index contributed by atoms with van der Waals surface area (Å²) >= 11 is 0. The molecule has 5 nitrogen and oxygen atoms in total. The van der Waals surface area contributed by atoms with Crippen LogP contribution in [-0.2, 0) is 4.79 Å². The number of hydrogen-bond donors (Lipinski definition) is 2. The van der Waals surface area contributed by atoms with Crippen molar-refractivity contribution in [3.63, 3.8) is 0 Å². The first-order valence-corrected chi connectivity index (χ1v) is 8.38. The molecule has 5 heteroatoms. The maximum Gasteiger partial charge on any atom is 0.225 e. The fraction of sp³-hybridized carbons (Fsp3) is 0.938. The average Bonchev–Trinajstić information content (AvgIpc) is 2.40. The van der Waals surface area contributed by atoms with E-state index in [4.69, 9.17) is 5.73 Å². The van der Waals surface area contributed by atoms with Gasteiger partial charge in [0.05, 0.1) is 5.92 Å². The van der Waals surface area contributed by atoms with E-state index in [2.05, 4.69) is 29.1 Å². The van der Waals surface area contributed by atoms with Crippen molar-refractivity contribution in [2.75, 3.05) is 39.8 Å². The normalized spacial score (nSPS) is 33.6. The second-order valence-corrected chi connectivity index (χ2v) is 7.32. The Bertz CT molecular complexity index is 350. The zero-order valence-electron chi connectivity index (χ0n) is 13.9. The van der Waals surface area contributed by atoms with Gasteiger partial charge in [0.2, 0.25) is 5.91 Å². The highest BCUT2D eigenvalue weighted by molar-refractivity contribution is 5.80. The van der Waals surface area contributed by atoms with Crippen LogP contribution in [0.1, 0.15) is 39.5 Å². The Morgan fingerprint density at radius 2 is 2.00 bits per heavy atom. The monoisotopic (exact) mass is 296 g/mol. The maximum atomic E-state index is 12.5. The molecule has 3 atom stereocenters. The number of hydrogen-bond acceptors (Lipinski definition) is 4. The molecular formula is C16H32N4O. The molecule has 1 heterocycles. The van der Waals surface area contributed by atoms with Crippen LogP contribution in [0.15, 0.2) is 0 Å². The summed E-state index contributed by atoms with van der Waals surface area (Å²) in [6.45, 7) is 9.49. The molecule has 2 fully saturated rings. The van der Waals surface area contributed by atoms with Crippen LogP contribution in [-0.4, -0.2) is 67.1 Å². The van der Waals surface area contributed by atoms with Crippen molar-refractivity contribution in [3.8, 4) is 0 Å². The molecule has 1 aliphatic heterocycles. The highest BCUT2D eigenvalue weighted by Gasteiger charge is 2.38. The van der Waals surface area contributed by atoms with Crippen molar-refractivity contribution in [1.82, 2.24) is 15.1 Å². The summed E-state index contributed by atoms with van der Waals surface area (Å²) in [6, 6.07) is 0.193. The molecule has 2 aliphatic rings. The number of nitrogens with one attached hydrogen (secondary N) is 1. The van der Waals surface area contributed by atoms with E-state index in [9.17, 15) is 4.79 Å². The fourth-order valence-electron chi connectivity index (χ4n) is 3.60. The Kier molecular flexibility index (Phi) is 5.63. The maximum absolute atomic E-state index is 12.5. The van der Waals surface area contributed by atoms with Crippen LogP contribution in [0.2, 0.25) is 0 Å². The highest BCUT2D eigenvalue weighted by atomic mass is 16.2. The van der Waals surface area contributed by atoms with Gasteiger partial charge in [-0.3, -0.25) is 9.69 Å². The molecule has 1 aliphatic carbocycles. The van der Waals surface area contributed by atoms with E-state index in [-0.39, 0.29) is 23.4 Å². The van der Waals surface area contributed by atoms with E-state index in [1.807, 2.05) is 6.92 Å². The van der Waals surface area contributed by atoms with Crippen LogP contribution in [0, 0.1) is 5.92 Å². The van der Waals surface area contributed by atoms with Crippen LogP contribution < -0.4 is 11.1 Å². The lowest BCUT2D eigenvalue weighted by Gasteiger charge is -2.38. The summed E-state index contributed by atoms with van der Waals surface area (Å²) in [7, 11) is 2.16. The van der Waals surface area contributed by atoms with Gasteiger partial charge in [-0.15, -0.1) is 0 Å². The molecule has 122 valence electrons. The van der Waals surface area contributed by atoms with Gasteiger partial charge in [0.1, 0.15) is 0 Å². The topological polar surface area (TPSA) is 61.6 Å². The summed E-state index contributed by atoms with van der Waals surface area (Å²) < 4.78 is 0. The van der Waals surface area contributed by atoms with Crippen LogP contribution in [0.3, 0.4) is 0 Å². The third-order valence-electron chi connectivity index (χ3n) is 5.09. The van der Waals surface area contributed by atoms with Gasteiger partial charge in [0, 0.05) is 44.3 Å². The molecule has 2 rings (SSSR count). The molecule has 1 saturated heterocycles. The second kappa shape index (κ2) is 7.07. The van der Waals surface area contributed by atoms with Gasteiger partial charge in [-0.1, -0.05) is 12.8 Å². The molecule has 1 saturated carbocycles. The van der Waals surface area contributed by atoms with Crippen molar-refractivity contribution in [1.29, 1.82) is 0 Å². The Labute approximate surface area is 129 Å². The summed E-state index contributed by atoms with van der Waals surface area (Å²) in [6.07, 6.45) is 4.16. The number of carbonyl (C=O) groups is 1. The molecular weight excluding hydrogens is 264 g/mol. The minimum absolute atomic E-state index is 0.0267. The number of nitrogens with two attached hydrogens (primary N) is 1. The van der Waals surface area contributed by atoms with Gasteiger partial charge in [0.15, 0.2) is 0 Å². The molecule has 0 aromatic rings. The molecule has 1 amide bonds. The standard InChI is InChI=1S/C16H32N4O/c1-13(12-20-10-8-19(3)9-11-20)18-15(21)14-6-4-5-7-16(14,2)17/h13-14H,4-12,17H2,1-3H3,(H,18,21). The molecule has 21 heavy (non-hydrogen) atoms. The van der Waals surface area contributed by atoms with Crippen LogP contribution in [0.25, 0.3) is 0 Å². The summed E-state index contributed by atoms with van der Waals surface area (Å²) in [5, 5.41) is 3.19. The third kappa shape index (κ3) is 4.66. The summed E-state index contributed by atoms with van der Waals surface area (Å²) in [5.74, 6) is 0.127. The van der Waals surface area contributed by atoms with E-state index in [1.165, 1.54) is 0 Å². The minimum Gasteiger partial charge on any atom is -0.352 e. The van der Waals surface area contributed by atoms with E-state index in [0.717, 1.165) is 58.4 Å². The quantitative estimate of drug-likeness (QED) is 0.799. The summed E-state index contributed by atoms with van der Waals surface area (Å²) in [4.78, 5) is 17.3. The fourth-order valence-corrected chi connectivity index (χ4v) is 3.60. The SMILES string of the molecule is CC(CN1CCN(C)CC1)NC(=O)C1CCCCC1(C)N. The molecule has 3 N–H and O–H groups in total. The van der Waals surface area contributed by atoms with Gasteiger partial charge in [0.25, 0.3) is 0 Å². The number of amides is 1. The Hall–Kier alpha value is -0.650. The van der Waals surface area contributed by atoms with Crippen molar-refractivity contribution < 1.29 is 4.79 Å². The number of nitrogens with zero attached hydrogens (tertiary/aromatic N) is 2. The first kappa shape index (κ1) is 16.7. The predicted octanol–water partition coefficient (Wildman–Crippen LogP) is 0.646. The van der Waals surface area contributed by atoms with Crippen molar-refractivity contribution in [2.24, 2.45) is 11.7 Å². The van der Waals surface area contributed by atoms with Gasteiger partial charge >= 0.3 is 0 Å². The average molecular weight is 296 g/mol. The Morgan fingerprint density at radius 3 is 2.62 bits per heavy atom. The molecule has 0 spiro atoms. The van der Waals surface area contributed by atoms with Gasteiger partial charge in [-0.25, -0.2) is 0 Å². The molecule has 0 aromatic carbocycles. The van der Waals surface area contributed by atoms with Crippen molar-refractivity contribution in [2.45, 2.75) is 51.1 Å². The van der Waals surface area contributed by atoms with Crippen LogP contribution >= 0.6 is 0 Å². The smallest absolute Gasteiger partial charge is 0.225 e. The zero-order valence-corrected chi connectivity index (χ0v) is 13.9. The van der Waals surface area contributed by atoms with E-state index >= 15 is 0 Å². The lowest BCUT2D eigenvalue weighted by molar-refractivity contribution is -0.128. The molecule has 3 unspecified atom stereocenters. The minimum atomic E-state index is -0.337. The molecule has 0 radical (unpaired) electrons. The largest absolute Gasteiger partial charge is 0.352 e. The number of likely N-dealkylation sites (N-methyl/N-ethyl adjacent to an activating group) is 1. The molecule has 0 aromatic heterocycles. The lowest BCUT2D eigenvalue weighted by Crippen LogP contribution is -2.55. The van der Waals surface area contributed by atoms with Crippen LogP contribution in [0.4, 0.5) is 0 Å². The van der Waals surface area contributed by atoms with Crippen molar-refractivity contribution in [3.05, 3.63) is 0 Å². The third-order valence-corrected chi connectivity index (χ3v) is 5.09. The van der Waals surface area contributed by atoms with Gasteiger partial charge in [-0.05, 0) is 33.7 Å². The lowest BCUT2D eigenvalue weighted by atomic mass is 9.74. The molecule has 0 bridgehead atoms. The van der Waals surface area contributed by atoms with E-state index < -0.39 is 0 Å². The van der Waals surface area contributed by atoms with Crippen LogP contribution in [0.5, 0.6) is 0 Å². The summed E-state index contributed by atoms with van der Waals surface area (Å²) in [5.41, 5.74) is 5.98. The Morgan fingerprint density at radius 1 is 1.33 bits per heavy atom. The van der Waals surface area contributed by atoms with E-state index in [1.54, 1.807) is 0 Å². The predicted molar refractivity (Wildman–Crippen MR) is 86.1 cm³/mol. The second-order valence-electron chi connectivity index (χ2n) is 7.32.